The number of hydrogen-bond acceptors (Lipinski definition) is 2. The van der Waals surface area contributed by atoms with E-state index in [1.54, 1.807) is 0 Å². The molecule has 68 valence electrons. The minimum Gasteiger partial charge on any atom is -0.490 e. The summed E-state index contributed by atoms with van der Waals surface area (Å²) in [5.74, 6) is 0.815. The number of nitrogens with zero attached hydrogens (tertiary/aromatic N) is 2. The molecule has 0 saturated heterocycles. The lowest BCUT2D eigenvalue weighted by atomic mass is 10.4. The van der Waals surface area contributed by atoms with E-state index in [-0.39, 0.29) is 0 Å². The van der Waals surface area contributed by atoms with Gasteiger partial charge in [0.25, 0.3) is 0 Å². The van der Waals surface area contributed by atoms with Gasteiger partial charge in [0.15, 0.2) is 11.4 Å². The van der Waals surface area contributed by atoms with E-state index in [0.29, 0.717) is 6.61 Å². The Bertz CT molecular complexity index is 424. The highest BCUT2D eigenvalue weighted by atomic mass is 79.9. The Morgan fingerprint density at radius 2 is 2.46 bits per heavy atom. The molecular weight excluding hydrogens is 232 g/mol. The first kappa shape index (κ1) is 8.56. The van der Waals surface area contributed by atoms with Crippen LogP contribution >= 0.6 is 15.9 Å². The average molecular weight is 241 g/mol. The number of ether oxygens (including phenoxy) is 1. The first-order valence-electron chi connectivity index (χ1n) is 4.07. The van der Waals surface area contributed by atoms with Crippen LogP contribution in [0.2, 0.25) is 0 Å². The molecule has 0 amide bonds. The van der Waals surface area contributed by atoms with Crippen molar-refractivity contribution >= 4 is 21.6 Å². The molecule has 0 aliphatic rings. The van der Waals surface area contributed by atoms with Gasteiger partial charge >= 0.3 is 0 Å². The van der Waals surface area contributed by atoms with Crippen molar-refractivity contribution in [3.63, 3.8) is 0 Å². The zero-order valence-corrected chi connectivity index (χ0v) is 8.78. The molecule has 0 radical (unpaired) electrons. The molecule has 2 aromatic rings. The maximum Gasteiger partial charge on any atom is 0.180 e. The van der Waals surface area contributed by atoms with Gasteiger partial charge in [-0.25, -0.2) is 4.98 Å². The van der Waals surface area contributed by atoms with Crippen LogP contribution in [0.5, 0.6) is 5.75 Å². The minimum absolute atomic E-state index is 0.657. The van der Waals surface area contributed by atoms with E-state index in [2.05, 4.69) is 20.9 Å². The third kappa shape index (κ3) is 1.54. The third-order valence-electron chi connectivity index (χ3n) is 1.72. The number of imidazole rings is 1. The van der Waals surface area contributed by atoms with E-state index in [1.807, 2.05) is 35.9 Å². The maximum absolute atomic E-state index is 5.43. The Kier molecular flexibility index (Phi) is 2.22. The minimum atomic E-state index is 0.657. The Morgan fingerprint density at radius 3 is 3.23 bits per heavy atom. The lowest BCUT2D eigenvalue weighted by Crippen LogP contribution is -1.94. The molecule has 0 unspecified atom stereocenters. The molecule has 0 atom stereocenters. The summed E-state index contributed by atoms with van der Waals surface area (Å²) in [4.78, 5) is 4.29. The summed E-state index contributed by atoms with van der Waals surface area (Å²) in [6, 6.07) is 3.85. The zero-order valence-electron chi connectivity index (χ0n) is 7.20. The molecule has 4 heteroatoms. The van der Waals surface area contributed by atoms with E-state index in [4.69, 9.17) is 4.74 Å². The van der Waals surface area contributed by atoms with Crippen molar-refractivity contribution in [2.24, 2.45) is 0 Å². The molecular formula is C9H9BrN2O. The van der Waals surface area contributed by atoms with Crippen molar-refractivity contribution in [2.45, 2.75) is 6.92 Å². The first-order chi connectivity index (χ1) is 6.31. The summed E-state index contributed by atoms with van der Waals surface area (Å²) in [6.45, 7) is 2.62. The van der Waals surface area contributed by atoms with Gasteiger partial charge in [-0.15, -0.1) is 0 Å². The molecule has 0 spiro atoms. The predicted octanol–water partition coefficient (Wildman–Crippen LogP) is 2.50. The number of pyridine rings is 1. The van der Waals surface area contributed by atoms with E-state index in [1.165, 1.54) is 0 Å². The lowest BCUT2D eigenvalue weighted by molar-refractivity contribution is 0.342. The van der Waals surface area contributed by atoms with Crippen LogP contribution in [-0.2, 0) is 0 Å². The van der Waals surface area contributed by atoms with Crippen LogP contribution in [0.15, 0.2) is 29.1 Å². The van der Waals surface area contributed by atoms with Crippen molar-refractivity contribution in [1.29, 1.82) is 0 Å². The maximum atomic E-state index is 5.43. The molecule has 0 aliphatic carbocycles. The smallest absolute Gasteiger partial charge is 0.180 e. The molecule has 13 heavy (non-hydrogen) atoms. The summed E-state index contributed by atoms with van der Waals surface area (Å²) in [6.07, 6.45) is 3.84. The predicted molar refractivity (Wildman–Crippen MR) is 54.1 cm³/mol. The van der Waals surface area contributed by atoms with E-state index in [0.717, 1.165) is 16.0 Å². The van der Waals surface area contributed by atoms with Crippen molar-refractivity contribution < 1.29 is 4.74 Å². The van der Waals surface area contributed by atoms with Crippen molar-refractivity contribution in [1.82, 2.24) is 9.38 Å². The van der Waals surface area contributed by atoms with E-state index >= 15 is 0 Å². The summed E-state index contributed by atoms with van der Waals surface area (Å²) < 4.78 is 8.17. The molecule has 2 heterocycles. The number of aromatic nitrogens is 2. The SMILES string of the molecule is CCOc1cccn2cc(Br)nc12. The Morgan fingerprint density at radius 1 is 1.62 bits per heavy atom. The Balaban J connectivity index is 2.60. The molecule has 0 bridgehead atoms. The highest BCUT2D eigenvalue weighted by molar-refractivity contribution is 9.10. The second kappa shape index (κ2) is 3.38. The fourth-order valence-corrected chi connectivity index (χ4v) is 1.61. The van der Waals surface area contributed by atoms with Gasteiger partial charge in [0, 0.05) is 12.4 Å². The summed E-state index contributed by atoms with van der Waals surface area (Å²) in [5, 5.41) is 0. The molecule has 0 saturated carbocycles. The van der Waals surface area contributed by atoms with E-state index in [9.17, 15) is 0 Å². The fraction of sp³-hybridized carbons (Fsp3) is 0.222. The number of fused-ring (bicyclic) bond motifs is 1. The molecule has 2 aromatic heterocycles. The molecule has 3 nitrogen and oxygen atoms in total. The highest BCUT2D eigenvalue weighted by Crippen LogP contribution is 2.20. The van der Waals surface area contributed by atoms with Gasteiger partial charge in [0.05, 0.1) is 6.61 Å². The number of hydrogen-bond donors (Lipinski definition) is 0. The third-order valence-corrected chi connectivity index (χ3v) is 2.10. The Hall–Kier alpha value is -1.03. The largest absolute Gasteiger partial charge is 0.490 e. The van der Waals surface area contributed by atoms with Gasteiger partial charge in [0.1, 0.15) is 4.60 Å². The van der Waals surface area contributed by atoms with Crippen LogP contribution in [0.3, 0.4) is 0 Å². The van der Waals surface area contributed by atoms with Gasteiger partial charge in [-0.3, -0.25) is 0 Å². The van der Waals surface area contributed by atoms with Crippen LogP contribution in [-0.4, -0.2) is 16.0 Å². The van der Waals surface area contributed by atoms with Crippen molar-refractivity contribution in [2.75, 3.05) is 6.61 Å². The normalized spacial score (nSPS) is 10.6. The highest BCUT2D eigenvalue weighted by Gasteiger charge is 2.04. The van der Waals surface area contributed by atoms with Gasteiger partial charge in [-0.1, -0.05) is 0 Å². The first-order valence-corrected chi connectivity index (χ1v) is 4.86. The molecule has 0 fully saturated rings. The number of halogens is 1. The topological polar surface area (TPSA) is 26.5 Å². The standard InChI is InChI=1S/C9H9BrN2O/c1-2-13-7-4-3-5-12-6-8(10)11-9(7)12/h3-6H,2H2,1H3. The van der Waals surface area contributed by atoms with Gasteiger partial charge in [-0.05, 0) is 35.0 Å². The second-order valence-corrected chi connectivity index (χ2v) is 3.41. The van der Waals surface area contributed by atoms with Crippen LogP contribution in [0.25, 0.3) is 5.65 Å². The van der Waals surface area contributed by atoms with Crippen molar-refractivity contribution in [3.8, 4) is 5.75 Å². The average Bonchev–Trinajstić information content (AvgIpc) is 2.47. The second-order valence-electron chi connectivity index (χ2n) is 2.60. The Labute approximate surface area is 84.5 Å². The molecule has 2 rings (SSSR count). The summed E-state index contributed by atoms with van der Waals surface area (Å²) in [5.41, 5.74) is 0.844. The zero-order chi connectivity index (χ0) is 9.26. The van der Waals surface area contributed by atoms with Crippen LogP contribution in [0, 0.1) is 0 Å². The van der Waals surface area contributed by atoms with Gasteiger partial charge < -0.3 is 9.14 Å². The quantitative estimate of drug-likeness (QED) is 0.807. The molecule has 0 aromatic carbocycles. The molecule has 0 N–H and O–H groups in total. The van der Waals surface area contributed by atoms with E-state index < -0.39 is 0 Å². The fourth-order valence-electron chi connectivity index (χ4n) is 1.23. The van der Waals surface area contributed by atoms with Gasteiger partial charge in [-0.2, -0.15) is 0 Å². The monoisotopic (exact) mass is 240 g/mol. The number of rotatable bonds is 2. The molecule has 0 aliphatic heterocycles. The van der Waals surface area contributed by atoms with Crippen LogP contribution in [0.4, 0.5) is 0 Å². The van der Waals surface area contributed by atoms with Crippen molar-refractivity contribution in [3.05, 3.63) is 29.1 Å². The summed E-state index contributed by atoms with van der Waals surface area (Å²) >= 11 is 3.32. The summed E-state index contributed by atoms with van der Waals surface area (Å²) in [7, 11) is 0. The lowest BCUT2D eigenvalue weighted by Gasteiger charge is -2.02. The van der Waals surface area contributed by atoms with Crippen LogP contribution < -0.4 is 4.74 Å². The van der Waals surface area contributed by atoms with Gasteiger partial charge in [0.2, 0.25) is 0 Å². The van der Waals surface area contributed by atoms with Crippen LogP contribution in [0.1, 0.15) is 6.92 Å².